The van der Waals surface area contributed by atoms with Crippen molar-refractivity contribution >= 4 is 42.2 Å². The minimum Gasteiger partial charge on any atom is -0.481 e. The van der Waals surface area contributed by atoms with E-state index < -0.39 is 5.97 Å². The fourth-order valence-electron chi connectivity index (χ4n) is 1.72. The molecule has 4 nitrogen and oxygen atoms in total. The summed E-state index contributed by atoms with van der Waals surface area (Å²) in [5.74, 6) is -0.959. The van der Waals surface area contributed by atoms with Gasteiger partial charge in [-0.25, -0.2) is 0 Å². The summed E-state index contributed by atoms with van der Waals surface area (Å²) in [4.78, 5) is 22.2. The second-order valence-electron chi connectivity index (χ2n) is 3.85. The van der Waals surface area contributed by atoms with E-state index in [1.54, 1.807) is 0 Å². The minimum atomic E-state index is -0.834. The van der Waals surface area contributed by atoms with Crippen molar-refractivity contribution in [3.05, 3.63) is 35.9 Å². The molecule has 18 heavy (non-hydrogen) atoms. The molecular weight excluding hydrogens is 365 g/mol. The zero-order valence-electron chi connectivity index (χ0n) is 9.64. The number of hydrogen-bond donors (Lipinski definition) is 2. The van der Waals surface area contributed by atoms with Gasteiger partial charge >= 0.3 is 5.97 Å². The smallest absolute Gasteiger partial charge is 0.303 e. The summed E-state index contributed by atoms with van der Waals surface area (Å²) in [5, 5.41) is 8.74. The molecule has 0 heterocycles. The molecule has 0 aliphatic heterocycles. The van der Waals surface area contributed by atoms with Crippen molar-refractivity contribution in [3.8, 4) is 0 Å². The highest BCUT2D eigenvalue weighted by Crippen LogP contribution is 2.25. The van der Waals surface area contributed by atoms with Crippen LogP contribution in [0.15, 0.2) is 30.3 Å². The van der Waals surface area contributed by atoms with Crippen LogP contribution in [0.4, 0.5) is 0 Å². The molecule has 0 saturated heterocycles. The quantitative estimate of drug-likeness (QED) is 0.564. The highest BCUT2D eigenvalue weighted by atomic mass is 127. The largest absolute Gasteiger partial charge is 0.481 e. The monoisotopic (exact) mass is 379 g/mol. The molecule has 1 unspecified atom stereocenters. The minimum absolute atomic E-state index is 0.0501. The van der Waals surface area contributed by atoms with E-state index >= 15 is 0 Å². The molecule has 6 heteroatoms. The Labute approximate surface area is 122 Å². The second-order valence-corrected chi connectivity index (χ2v) is 5.53. The van der Waals surface area contributed by atoms with Gasteiger partial charge in [-0.05, 0) is 17.9 Å². The summed E-state index contributed by atoms with van der Waals surface area (Å²) in [6, 6.07) is 9.55. The Bertz CT molecular complexity index is 400. The average molecular weight is 379 g/mol. The summed E-state index contributed by atoms with van der Waals surface area (Å²) in [6.07, 6.45) is 0.857. The van der Waals surface area contributed by atoms with E-state index in [0.717, 1.165) is 5.56 Å². The Kier molecular flexibility index (Phi) is 7.11. The van der Waals surface area contributed by atoms with Crippen molar-refractivity contribution in [1.29, 1.82) is 0 Å². The van der Waals surface area contributed by atoms with Crippen LogP contribution in [0.1, 0.15) is 30.7 Å². The van der Waals surface area contributed by atoms with Gasteiger partial charge in [-0.1, -0.05) is 30.3 Å². The van der Waals surface area contributed by atoms with Crippen LogP contribution in [0, 0.1) is 0 Å². The van der Waals surface area contributed by atoms with Crippen molar-refractivity contribution in [2.75, 3.05) is 0 Å². The summed E-state index contributed by atoms with van der Waals surface area (Å²) in [7, 11) is 1.23. The second kappa shape index (κ2) is 8.36. The molecule has 0 fully saturated rings. The fraction of sp³-hybridized carbons (Fsp3) is 0.333. The van der Waals surface area contributed by atoms with Gasteiger partial charge < -0.3 is 5.11 Å². The number of rotatable bonds is 7. The summed E-state index contributed by atoms with van der Waals surface area (Å²) in [6.45, 7) is 0. The van der Waals surface area contributed by atoms with E-state index in [0.29, 0.717) is 12.8 Å². The maximum absolute atomic E-state index is 11.6. The molecule has 0 saturated carbocycles. The zero-order chi connectivity index (χ0) is 13.4. The van der Waals surface area contributed by atoms with Crippen LogP contribution in [0.5, 0.6) is 0 Å². The maximum Gasteiger partial charge on any atom is 0.303 e. The van der Waals surface area contributed by atoms with Crippen molar-refractivity contribution in [1.82, 2.24) is 4.72 Å². The molecule has 1 aromatic rings. The Morgan fingerprint density at radius 1 is 1.33 bits per heavy atom. The molecule has 0 aromatic heterocycles. The molecule has 1 rings (SSSR count). The van der Waals surface area contributed by atoms with E-state index in [1.807, 2.05) is 51.5 Å². The van der Waals surface area contributed by atoms with Crippen LogP contribution < -0.4 is 4.72 Å². The molecule has 1 atom stereocenters. The van der Waals surface area contributed by atoms with E-state index in [-0.39, 0.29) is 18.2 Å². The number of hydrogen-bond acceptors (Lipinski definition) is 3. The van der Waals surface area contributed by atoms with Gasteiger partial charge in [0.1, 0.15) is 0 Å². The molecule has 1 amide bonds. The lowest BCUT2D eigenvalue weighted by Crippen LogP contribution is -2.18. The van der Waals surface area contributed by atoms with E-state index in [1.165, 1.54) is 9.12 Å². The first-order chi connectivity index (χ1) is 8.63. The Morgan fingerprint density at radius 3 is 2.56 bits per heavy atom. The van der Waals surface area contributed by atoms with Gasteiger partial charge in [-0.15, -0.1) is 0 Å². The maximum atomic E-state index is 11.6. The SMILES string of the molecule is O=C(O)CCC(CC(=O)NSI)c1ccccc1. The lowest BCUT2D eigenvalue weighted by molar-refractivity contribution is -0.137. The topological polar surface area (TPSA) is 66.4 Å². The van der Waals surface area contributed by atoms with Crippen LogP contribution in [0.25, 0.3) is 0 Å². The molecular formula is C12H14INO3S. The number of carbonyl (C=O) groups is 2. The van der Waals surface area contributed by atoms with Crippen LogP contribution >= 0.6 is 30.3 Å². The van der Waals surface area contributed by atoms with Gasteiger partial charge in [0.25, 0.3) is 0 Å². The standard InChI is InChI=1S/C12H14INO3S/c13-18-14-11(15)8-10(6-7-12(16)17)9-4-2-1-3-5-9/h1-5,10H,6-8H2,(H,14,15)(H,16,17). The number of benzene rings is 1. The van der Waals surface area contributed by atoms with E-state index in [4.69, 9.17) is 5.11 Å². The van der Waals surface area contributed by atoms with Gasteiger partial charge in [0, 0.05) is 43.2 Å². The van der Waals surface area contributed by atoms with E-state index in [2.05, 4.69) is 4.72 Å². The van der Waals surface area contributed by atoms with Crippen molar-refractivity contribution < 1.29 is 14.7 Å². The molecule has 2 N–H and O–H groups in total. The number of aliphatic carboxylic acids is 1. The van der Waals surface area contributed by atoms with Crippen LogP contribution in [-0.4, -0.2) is 17.0 Å². The third-order valence-electron chi connectivity index (χ3n) is 2.56. The predicted molar refractivity (Wildman–Crippen MR) is 80.4 cm³/mol. The predicted octanol–water partition coefficient (Wildman–Crippen LogP) is 3.14. The summed E-state index contributed by atoms with van der Waals surface area (Å²) >= 11 is 1.99. The molecule has 98 valence electrons. The van der Waals surface area contributed by atoms with Gasteiger partial charge in [-0.3, -0.25) is 14.3 Å². The lowest BCUT2D eigenvalue weighted by atomic mass is 9.91. The van der Waals surface area contributed by atoms with E-state index in [9.17, 15) is 9.59 Å². The number of halogens is 1. The third-order valence-corrected chi connectivity index (χ3v) is 3.53. The molecule has 0 spiro atoms. The third kappa shape index (κ3) is 5.72. The molecule has 0 aliphatic carbocycles. The number of amides is 1. The number of carbonyl (C=O) groups excluding carboxylic acids is 1. The van der Waals surface area contributed by atoms with Gasteiger partial charge in [0.05, 0.1) is 0 Å². The lowest BCUT2D eigenvalue weighted by Gasteiger charge is -2.15. The van der Waals surface area contributed by atoms with Crippen molar-refractivity contribution in [2.24, 2.45) is 0 Å². The Balaban J connectivity index is 2.69. The Hall–Kier alpha value is -0.760. The van der Waals surface area contributed by atoms with Crippen LogP contribution in [-0.2, 0) is 9.59 Å². The first-order valence-electron chi connectivity index (χ1n) is 5.46. The van der Waals surface area contributed by atoms with Gasteiger partial charge in [0.15, 0.2) is 0 Å². The zero-order valence-corrected chi connectivity index (χ0v) is 12.6. The fourth-order valence-corrected chi connectivity index (χ4v) is 2.62. The summed E-state index contributed by atoms with van der Waals surface area (Å²) < 4.78 is 2.65. The number of carboxylic acids is 1. The molecule has 0 radical (unpaired) electrons. The average Bonchev–Trinajstić information content (AvgIpc) is 2.35. The van der Waals surface area contributed by atoms with Crippen LogP contribution in [0.3, 0.4) is 0 Å². The van der Waals surface area contributed by atoms with Crippen molar-refractivity contribution in [3.63, 3.8) is 0 Å². The van der Waals surface area contributed by atoms with Crippen LogP contribution in [0.2, 0.25) is 0 Å². The number of carboxylic acid groups (broad SMARTS) is 1. The number of nitrogens with one attached hydrogen (secondary N) is 1. The summed E-state index contributed by atoms with van der Waals surface area (Å²) in [5.41, 5.74) is 1.01. The highest BCUT2D eigenvalue weighted by molar-refractivity contribution is 14.2. The van der Waals surface area contributed by atoms with Gasteiger partial charge in [0.2, 0.25) is 5.91 Å². The Morgan fingerprint density at radius 2 is 2.00 bits per heavy atom. The highest BCUT2D eigenvalue weighted by Gasteiger charge is 2.17. The first kappa shape index (κ1) is 15.3. The van der Waals surface area contributed by atoms with Gasteiger partial charge in [-0.2, -0.15) is 0 Å². The molecule has 0 aliphatic rings. The van der Waals surface area contributed by atoms with Crippen molar-refractivity contribution in [2.45, 2.75) is 25.2 Å². The first-order valence-corrected chi connectivity index (χ1v) is 8.82. The molecule has 1 aromatic carbocycles. The normalized spacial score (nSPS) is 11.8. The molecule has 0 bridgehead atoms.